The molecule has 336 valence electrons. The van der Waals surface area contributed by atoms with Gasteiger partial charge in [-0.1, -0.05) is 66.8 Å². The number of carbonyl (C=O) groups is 1. The van der Waals surface area contributed by atoms with Crippen molar-refractivity contribution < 1.29 is 37.0 Å². The van der Waals surface area contributed by atoms with Crippen LogP contribution in [0.15, 0.2) is 117 Å². The molecular formula is C43H59N8O8PS2. The average Bonchev–Trinajstić information content (AvgIpc) is 3.72. The number of azo groups is 1. The number of carboxylic acid groups (broad SMARTS) is 1. The standard InChI is InChI=1S/C18H14N4O5S.C14H19N3O.C11H26NO2PS/c23-16-9-6-13(11-15(16)18(24)25)21-20-12-4-7-14(8-5-12)28(26,27)22-17-3-1-2-10-19-17;1-3-17(4-2)11-10-13-15-14(16-18-13)12-8-6-5-7-9-12;1-7-14-15(6,13)16-9-8-12(10(2)3)11(4)5/h1-11,23H,(H,19,22)(H,24,25);5-9H,3-4,10-11H2,1-2H3;10-11H,7-9H2,1-6H3. The van der Waals surface area contributed by atoms with Gasteiger partial charge >= 0.3 is 5.97 Å². The third kappa shape index (κ3) is 17.8. The maximum Gasteiger partial charge on any atom is 0.339 e. The van der Waals surface area contributed by atoms with Gasteiger partial charge in [0.15, 0.2) is 0 Å². The molecule has 19 heteroatoms. The number of anilines is 1. The summed E-state index contributed by atoms with van der Waals surface area (Å²) in [7, 11) is -3.79. The summed E-state index contributed by atoms with van der Waals surface area (Å²) in [6, 6.07) is 25.2. The molecular weight excluding hydrogens is 852 g/mol. The van der Waals surface area contributed by atoms with Gasteiger partial charge in [0, 0.05) is 55.8 Å². The van der Waals surface area contributed by atoms with E-state index in [9.17, 15) is 22.9 Å². The van der Waals surface area contributed by atoms with Gasteiger partial charge in [-0.15, -0.1) is 0 Å². The molecule has 62 heavy (non-hydrogen) atoms. The van der Waals surface area contributed by atoms with Crippen LogP contribution in [0.3, 0.4) is 0 Å². The number of hydrogen-bond acceptors (Lipinski definition) is 15. The largest absolute Gasteiger partial charge is 0.507 e. The van der Waals surface area contributed by atoms with Gasteiger partial charge in [0.25, 0.3) is 16.6 Å². The summed E-state index contributed by atoms with van der Waals surface area (Å²) >= 11 is 1.46. The van der Waals surface area contributed by atoms with Crippen LogP contribution in [0.25, 0.3) is 11.4 Å². The summed E-state index contributed by atoms with van der Waals surface area (Å²) < 4.78 is 49.4. The van der Waals surface area contributed by atoms with Gasteiger partial charge in [0.2, 0.25) is 11.7 Å². The number of likely N-dealkylation sites (N-methyl/N-ethyl adjacent to an activating group) is 1. The van der Waals surface area contributed by atoms with Crippen LogP contribution in [-0.4, -0.2) is 107 Å². The molecule has 0 fully saturated rings. The normalized spacial score (nSPS) is 12.5. The Morgan fingerprint density at radius 1 is 0.903 bits per heavy atom. The number of nitrogens with one attached hydrogen (secondary N) is 1. The summed E-state index contributed by atoms with van der Waals surface area (Å²) in [6.45, 7) is 18.8. The lowest BCUT2D eigenvalue weighted by molar-refractivity contribution is 0.0693. The van der Waals surface area contributed by atoms with Crippen LogP contribution in [0.4, 0.5) is 17.2 Å². The Morgan fingerprint density at radius 2 is 1.53 bits per heavy atom. The molecule has 0 bridgehead atoms. The second kappa shape index (κ2) is 25.8. The van der Waals surface area contributed by atoms with Crippen molar-refractivity contribution in [1.82, 2.24) is 24.9 Å². The molecule has 0 aliphatic heterocycles. The number of benzene rings is 3. The lowest BCUT2D eigenvalue weighted by atomic mass is 10.2. The molecule has 3 N–H and O–H groups in total. The van der Waals surface area contributed by atoms with Gasteiger partial charge in [-0.2, -0.15) is 15.2 Å². The van der Waals surface area contributed by atoms with E-state index in [1.165, 1.54) is 66.1 Å². The Balaban J connectivity index is 0.000000262. The van der Waals surface area contributed by atoms with Crippen LogP contribution in [-0.2, 0) is 25.5 Å². The maximum atomic E-state index is 12.3. The van der Waals surface area contributed by atoms with E-state index in [0.717, 1.165) is 43.9 Å². The molecule has 3 aromatic carbocycles. The summed E-state index contributed by atoms with van der Waals surface area (Å²) in [5.41, 5.74) is 1.29. The minimum atomic E-state index is -3.79. The third-order valence-corrected chi connectivity index (χ3v) is 14.1. The number of phenols is 1. The van der Waals surface area contributed by atoms with Crippen molar-refractivity contribution in [3.63, 3.8) is 0 Å². The van der Waals surface area contributed by atoms with E-state index < -0.39 is 22.6 Å². The second-order valence-corrected chi connectivity index (χ2v) is 21.0. The van der Waals surface area contributed by atoms with E-state index in [1.807, 2.05) is 37.3 Å². The number of aromatic carboxylic acids is 1. The van der Waals surface area contributed by atoms with E-state index >= 15 is 0 Å². The highest BCUT2D eigenvalue weighted by atomic mass is 32.7. The highest BCUT2D eigenvalue weighted by Crippen LogP contribution is 2.55. The Kier molecular flexibility index (Phi) is 21.4. The maximum absolute atomic E-state index is 12.3. The molecule has 5 aromatic rings. The Morgan fingerprint density at radius 3 is 2.11 bits per heavy atom. The Hall–Kier alpha value is -4.97. The number of aromatic hydroxyl groups is 1. The molecule has 0 aliphatic carbocycles. The fraction of sp³-hybridized carbons (Fsp3) is 0.395. The van der Waals surface area contributed by atoms with Crippen LogP contribution < -0.4 is 4.72 Å². The van der Waals surface area contributed by atoms with Crippen molar-refractivity contribution in [1.29, 1.82) is 0 Å². The summed E-state index contributed by atoms with van der Waals surface area (Å²) in [5, 5.41) is 30.3. The molecule has 16 nitrogen and oxygen atoms in total. The van der Waals surface area contributed by atoms with Crippen LogP contribution in [0, 0.1) is 0 Å². The monoisotopic (exact) mass is 910 g/mol. The molecule has 0 spiro atoms. The van der Waals surface area contributed by atoms with E-state index in [0.29, 0.717) is 36.1 Å². The van der Waals surface area contributed by atoms with Crippen LogP contribution >= 0.6 is 18.0 Å². The number of rotatable bonds is 20. The van der Waals surface area contributed by atoms with Gasteiger partial charge in [-0.25, -0.2) is 18.2 Å². The zero-order chi connectivity index (χ0) is 45.7. The van der Waals surface area contributed by atoms with Gasteiger partial charge in [0.1, 0.15) is 17.1 Å². The fourth-order valence-corrected chi connectivity index (χ4v) is 9.69. The number of carboxylic acids is 1. The summed E-state index contributed by atoms with van der Waals surface area (Å²) in [6.07, 6.45) is 2.28. The predicted octanol–water partition coefficient (Wildman–Crippen LogP) is 10.0. The summed E-state index contributed by atoms with van der Waals surface area (Å²) in [5.74, 6) is 0.786. The zero-order valence-corrected chi connectivity index (χ0v) is 39.1. The second-order valence-electron chi connectivity index (χ2n) is 14.1. The van der Waals surface area contributed by atoms with Gasteiger partial charge in [-0.05, 0) is 102 Å². The molecule has 0 radical (unpaired) electrons. The van der Waals surface area contributed by atoms with Gasteiger partial charge < -0.3 is 24.2 Å². The predicted molar refractivity (Wildman–Crippen MR) is 247 cm³/mol. The first-order valence-electron chi connectivity index (χ1n) is 20.2. The zero-order valence-electron chi connectivity index (χ0n) is 36.6. The van der Waals surface area contributed by atoms with Gasteiger partial charge in [0.05, 0.1) is 22.9 Å². The van der Waals surface area contributed by atoms with E-state index in [1.54, 1.807) is 18.8 Å². The van der Waals surface area contributed by atoms with Crippen molar-refractivity contribution >= 4 is 51.1 Å². The minimum Gasteiger partial charge on any atom is -0.507 e. The van der Waals surface area contributed by atoms with Crippen molar-refractivity contribution in [3.05, 3.63) is 109 Å². The number of sulfonamides is 1. The first-order valence-corrected chi connectivity index (χ1v) is 25.4. The molecule has 2 heterocycles. The number of aromatic nitrogens is 3. The van der Waals surface area contributed by atoms with E-state index in [2.05, 4.69) is 81.4 Å². The molecule has 0 amide bonds. The molecule has 5 rings (SSSR count). The molecule has 1 unspecified atom stereocenters. The Labute approximate surface area is 369 Å². The number of nitrogens with zero attached hydrogens (tertiary/aromatic N) is 7. The molecule has 0 saturated heterocycles. The minimum absolute atomic E-state index is 0.0231. The molecule has 0 aliphatic rings. The molecule has 2 aromatic heterocycles. The molecule has 1 atom stereocenters. The fourth-order valence-electron chi connectivity index (χ4n) is 5.74. The smallest absolute Gasteiger partial charge is 0.339 e. The van der Waals surface area contributed by atoms with Crippen LogP contribution in [0.5, 0.6) is 5.75 Å². The van der Waals surface area contributed by atoms with Crippen molar-refractivity contribution in [2.45, 2.75) is 71.9 Å². The Bertz CT molecular complexity index is 2270. The van der Waals surface area contributed by atoms with Crippen molar-refractivity contribution in [3.8, 4) is 17.1 Å². The highest BCUT2D eigenvalue weighted by molar-refractivity contribution is 8.56. The lowest BCUT2D eigenvalue weighted by Gasteiger charge is -2.30. The van der Waals surface area contributed by atoms with Crippen LogP contribution in [0.2, 0.25) is 0 Å². The first-order chi connectivity index (χ1) is 29.5. The van der Waals surface area contributed by atoms with Crippen LogP contribution in [0.1, 0.15) is 64.7 Å². The molecule has 0 saturated carbocycles. The van der Waals surface area contributed by atoms with E-state index in [-0.39, 0.29) is 27.7 Å². The lowest BCUT2D eigenvalue weighted by Crippen LogP contribution is -2.38. The number of pyridine rings is 1. The summed E-state index contributed by atoms with van der Waals surface area (Å²) in [4.78, 5) is 24.1. The average molecular weight is 911 g/mol. The first kappa shape index (κ1) is 51.4. The van der Waals surface area contributed by atoms with E-state index in [4.69, 9.17) is 14.2 Å². The highest BCUT2D eigenvalue weighted by Gasteiger charge is 2.19. The quantitative estimate of drug-likeness (QED) is 0.0490. The van der Waals surface area contributed by atoms with Crippen molar-refractivity contribution in [2.75, 3.05) is 49.9 Å². The third-order valence-electron chi connectivity index (χ3n) is 8.94. The number of hydrogen-bond donors (Lipinski definition) is 3. The topological polar surface area (TPSA) is 213 Å². The SMILES string of the molecule is CCN(CC)CCc1nc(-c2ccccc2)no1.CCOP(C)(=O)SCCN(C(C)C)C(C)C.O=C(O)c1cc(N=Nc2ccc(S(=O)(=O)Nc3ccccn3)cc2)ccc1O. The van der Waals surface area contributed by atoms with Crippen molar-refractivity contribution in [2.24, 2.45) is 10.2 Å². The van der Waals surface area contributed by atoms with Gasteiger partial charge in [-0.3, -0.25) is 14.2 Å².